The third-order valence-corrected chi connectivity index (χ3v) is 3.03. The van der Waals surface area contributed by atoms with Gasteiger partial charge in [0.15, 0.2) is 0 Å². The molecule has 1 saturated carbocycles. The topological polar surface area (TPSA) is 75.6 Å². The van der Waals surface area contributed by atoms with Crippen LogP contribution in [0.5, 0.6) is 0 Å². The SMILES string of the molecule is C=COCCCNC(=O)C1CCCC1C(=O)O. The average Bonchev–Trinajstić information content (AvgIpc) is 2.77. The van der Waals surface area contributed by atoms with E-state index in [-0.39, 0.29) is 11.8 Å². The van der Waals surface area contributed by atoms with Crippen LogP contribution in [0, 0.1) is 11.8 Å². The van der Waals surface area contributed by atoms with Gasteiger partial charge in [0.05, 0.1) is 24.7 Å². The number of carbonyl (C=O) groups excluding carboxylic acids is 1. The van der Waals surface area contributed by atoms with E-state index in [0.29, 0.717) is 32.4 Å². The van der Waals surface area contributed by atoms with Gasteiger partial charge in [-0.2, -0.15) is 0 Å². The summed E-state index contributed by atoms with van der Waals surface area (Å²) in [4.78, 5) is 22.7. The molecule has 2 N–H and O–H groups in total. The Bertz CT molecular complexity index is 290. The number of hydrogen-bond acceptors (Lipinski definition) is 3. The standard InChI is InChI=1S/C12H19NO4/c1-2-17-8-4-7-13-11(14)9-5-3-6-10(9)12(15)16/h2,9-10H,1,3-8H2,(H,13,14)(H,15,16). The Balaban J connectivity index is 2.27. The van der Waals surface area contributed by atoms with Gasteiger partial charge in [0, 0.05) is 6.54 Å². The van der Waals surface area contributed by atoms with Crippen LogP contribution in [0.2, 0.25) is 0 Å². The summed E-state index contributed by atoms with van der Waals surface area (Å²) in [5.74, 6) is -1.89. The van der Waals surface area contributed by atoms with E-state index < -0.39 is 11.9 Å². The molecular weight excluding hydrogens is 222 g/mol. The second kappa shape index (κ2) is 6.93. The van der Waals surface area contributed by atoms with Crippen molar-refractivity contribution in [2.24, 2.45) is 11.8 Å². The molecule has 5 nitrogen and oxygen atoms in total. The number of carboxylic acid groups (broad SMARTS) is 1. The highest BCUT2D eigenvalue weighted by molar-refractivity contribution is 5.85. The van der Waals surface area contributed by atoms with Crippen LogP contribution in [0.1, 0.15) is 25.7 Å². The molecule has 0 radical (unpaired) electrons. The second-order valence-corrected chi connectivity index (χ2v) is 4.16. The summed E-state index contributed by atoms with van der Waals surface area (Å²) < 4.78 is 4.92. The van der Waals surface area contributed by atoms with Gasteiger partial charge in [0.25, 0.3) is 0 Å². The number of ether oxygens (including phenoxy) is 1. The minimum Gasteiger partial charge on any atom is -0.502 e. The molecule has 2 unspecified atom stereocenters. The van der Waals surface area contributed by atoms with Crippen LogP contribution in [0.4, 0.5) is 0 Å². The number of carboxylic acids is 1. The van der Waals surface area contributed by atoms with Crippen molar-refractivity contribution in [1.82, 2.24) is 5.32 Å². The largest absolute Gasteiger partial charge is 0.502 e. The van der Waals surface area contributed by atoms with Gasteiger partial charge in [-0.05, 0) is 19.3 Å². The Labute approximate surface area is 101 Å². The molecule has 1 aliphatic rings. The highest BCUT2D eigenvalue weighted by Crippen LogP contribution is 2.31. The van der Waals surface area contributed by atoms with E-state index in [0.717, 1.165) is 6.42 Å². The molecule has 0 aromatic rings. The smallest absolute Gasteiger partial charge is 0.307 e. The van der Waals surface area contributed by atoms with Crippen molar-refractivity contribution in [2.45, 2.75) is 25.7 Å². The van der Waals surface area contributed by atoms with Gasteiger partial charge in [-0.15, -0.1) is 0 Å². The van der Waals surface area contributed by atoms with E-state index in [1.807, 2.05) is 0 Å². The van der Waals surface area contributed by atoms with Crippen molar-refractivity contribution in [3.63, 3.8) is 0 Å². The summed E-state index contributed by atoms with van der Waals surface area (Å²) in [6, 6.07) is 0. The van der Waals surface area contributed by atoms with Gasteiger partial charge in [-0.1, -0.05) is 13.0 Å². The van der Waals surface area contributed by atoms with Gasteiger partial charge in [-0.3, -0.25) is 9.59 Å². The lowest BCUT2D eigenvalue weighted by atomic mass is 9.95. The Morgan fingerprint density at radius 3 is 2.76 bits per heavy atom. The zero-order valence-electron chi connectivity index (χ0n) is 9.85. The lowest BCUT2D eigenvalue weighted by Gasteiger charge is -2.15. The van der Waals surface area contributed by atoms with Gasteiger partial charge in [-0.25, -0.2) is 0 Å². The molecule has 0 aliphatic heterocycles. The summed E-state index contributed by atoms with van der Waals surface area (Å²) in [6.07, 6.45) is 4.15. The molecule has 0 saturated heterocycles. The van der Waals surface area contributed by atoms with Crippen LogP contribution in [0.3, 0.4) is 0 Å². The van der Waals surface area contributed by atoms with Crippen molar-refractivity contribution < 1.29 is 19.4 Å². The molecule has 17 heavy (non-hydrogen) atoms. The molecule has 0 heterocycles. The second-order valence-electron chi connectivity index (χ2n) is 4.16. The maximum atomic E-state index is 11.8. The van der Waals surface area contributed by atoms with E-state index >= 15 is 0 Å². The quantitative estimate of drug-likeness (QED) is 0.518. The van der Waals surface area contributed by atoms with Gasteiger partial charge in [0.2, 0.25) is 5.91 Å². The summed E-state index contributed by atoms with van der Waals surface area (Å²) in [7, 11) is 0. The van der Waals surface area contributed by atoms with Gasteiger partial charge < -0.3 is 15.2 Å². The minimum atomic E-state index is -0.863. The number of nitrogens with one attached hydrogen (secondary N) is 1. The molecule has 0 aromatic heterocycles. The fourth-order valence-corrected chi connectivity index (χ4v) is 2.15. The van der Waals surface area contributed by atoms with Crippen LogP contribution < -0.4 is 5.32 Å². The van der Waals surface area contributed by atoms with E-state index in [2.05, 4.69) is 11.9 Å². The van der Waals surface area contributed by atoms with Crippen molar-refractivity contribution in [3.8, 4) is 0 Å². The first-order chi connectivity index (χ1) is 8.16. The summed E-state index contributed by atoms with van der Waals surface area (Å²) in [5, 5.41) is 11.7. The number of hydrogen-bond donors (Lipinski definition) is 2. The Morgan fingerprint density at radius 2 is 2.12 bits per heavy atom. The fraction of sp³-hybridized carbons (Fsp3) is 0.667. The first-order valence-electron chi connectivity index (χ1n) is 5.90. The predicted molar refractivity (Wildman–Crippen MR) is 62.2 cm³/mol. The maximum absolute atomic E-state index is 11.8. The van der Waals surface area contributed by atoms with E-state index in [9.17, 15) is 9.59 Å². The average molecular weight is 241 g/mol. The zero-order valence-corrected chi connectivity index (χ0v) is 9.85. The summed E-state index contributed by atoms with van der Waals surface area (Å²) >= 11 is 0. The highest BCUT2D eigenvalue weighted by Gasteiger charge is 2.37. The van der Waals surface area contributed by atoms with Crippen molar-refractivity contribution in [3.05, 3.63) is 12.8 Å². The van der Waals surface area contributed by atoms with Crippen molar-refractivity contribution in [2.75, 3.05) is 13.2 Å². The van der Waals surface area contributed by atoms with Gasteiger partial charge in [0.1, 0.15) is 0 Å². The van der Waals surface area contributed by atoms with Crippen LogP contribution >= 0.6 is 0 Å². The van der Waals surface area contributed by atoms with Crippen LogP contribution in [-0.2, 0) is 14.3 Å². The molecule has 0 spiro atoms. The number of aliphatic carboxylic acids is 1. The lowest BCUT2D eigenvalue weighted by molar-refractivity contribution is -0.146. The molecule has 1 fully saturated rings. The first kappa shape index (κ1) is 13.5. The Kier molecular flexibility index (Phi) is 5.52. The molecule has 0 aromatic carbocycles. The fourth-order valence-electron chi connectivity index (χ4n) is 2.15. The molecule has 2 atom stereocenters. The normalized spacial score (nSPS) is 23.1. The predicted octanol–water partition coefficient (Wildman–Crippen LogP) is 1.15. The first-order valence-corrected chi connectivity index (χ1v) is 5.90. The molecule has 96 valence electrons. The van der Waals surface area contributed by atoms with E-state index in [1.165, 1.54) is 6.26 Å². The minimum absolute atomic E-state index is 0.145. The molecule has 0 bridgehead atoms. The number of rotatable bonds is 7. The van der Waals surface area contributed by atoms with Gasteiger partial charge >= 0.3 is 5.97 Å². The van der Waals surface area contributed by atoms with E-state index in [1.54, 1.807) is 0 Å². The van der Waals surface area contributed by atoms with Crippen LogP contribution in [0.25, 0.3) is 0 Å². The maximum Gasteiger partial charge on any atom is 0.307 e. The lowest BCUT2D eigenvalue weighted by Crippen LogP contribution is -2.36. The zero-order chi connectivity index (χ0) is 12.7. The number of carbonyl (C=O) groups is 2. The van der Waals surface area contributed by atoms with E-state index in [4.69, 9.17) is 9.84 Å². The molecular formula is C12H19NO4. The Morgan fingerprint density at radius 1 is 1.41 bits per heavy atom. The van der Waals surface area contributed by atoms with Crippen molar-refractivity contribution >= 4 is 11.9 Å². The molecule has 1 rings (SSSR count). The van der Waals surface area contributed by atoms with Crippen molar-refractivity contribution in [1.29, 1.82) is 0 Å². The summed E-state index contributed by atoms with van der Waals surface area (Å²) in [6.45, 7) is 4.43. The monoisotopic (exact) mass is 241 g/mol. The highest BCUT2D eigenvalue weighted by atomic mass is 16.5. The van der Waals surface area contributed by atoms with Crippen LogP contribution in [0.15, 0.2) is 12.8 Å². The molecule has 1 amide bonds. The van der Waals surface area contributed by atoms with Crippen LogP contribution in [-0.4, -0.2) is 30.1 Å². The third kappa shape index (κ3) is 4.09. The summed E-state index contributed by atoms with van der Waals surface area (Å²) in [5.41, 5.74) is 0. The Hall–Kier alpha value is -1.52. The molecule has 5 heteroatoms. The number of amides is 1. The molecule has 1 aliphatic carbocycles. The third-order valence-electron chi connectivity index (χ3n) is 3.03.